The summed E-state index contributed by atoms with van der Waals surface area (Å²) >= 11 is 0. The fourth-order valence-electron chi connectivity index (χ4n) is 1.73. The first-order valence-electron chi connectivity index (χ1n) is 5.49. The Hall–Kier alpha value is -1.52. The molecule has 0 bridgehead atoms. The fourth-order valence-corrected chi connectivity index (χ4v) is 1.73. The number of oxazole rings is 1. The molecule has 0 amide bonds. The van der Waals surface area contributed by atoms with Gasteiger partial charge in [-0.3, -0.25) is 0 Å². The summed E-state index contributed by atoms with van der Waals surface area (Å²) in [5.74, 6) is -0.0291. The number of aliphatic carboxylic acids is 1. The summed E-state index contributed by atoms with van der Waals surface area (Å²) in [5.41, 5.74) is -0.0945. The predicted molar refractivity (Wildman–Crippen MR) is 58.5 cm³/mol. The summed E-state index contributed by atoms with van der Waals surface area (Å²) < 4.78 is 5.51. The zero-order valence-electron chi connectivity index (χ0n) is 9.54. The number of nitrogens with zero attached hydrogens (tertiary/aromatic N) is 1. The van der Waals surface area contributed by atoms with Crippen molar-refractivity contribution in [3.63, 3.8) is 0 Å². The number of aryl methyl sites for hydroxylation is 2. The molecule has 2 rings (SSSR count). The Morgan fingerprint density at radius 2 is 2.12 bits per heavy atom. The molecule has 0 saturated heterocycles. The number of hydrogen-bond acceptors (Lipinski definition) is 4. The van der Waals surface area contributed by atoms with Gasteiger partial charge in [0.15, 0.2) is 0 Å². The summed E-state index contributed by atoms with van der Waals surface area (Å²) in [4.78, 5) is 15.2. The van der Waals surface area contributed by atoms with E-state index in [4.69, 9.17) is 9.52 Å². The third kappa shape index (κ3) is 2.03. The maximum Gasteiger partial charge on any atom is 0.328 e. The molecule has 0 atom stereocenters. The first-order valence-corrected chi connectivity index (χ1v) is 5.49. The van der Waals surface area contributed by atoms with Crippen LogP contribution in [-0.4, -0.2) is 21.6 Å². The van der Waals surface area contributed by atoms with Crippen molar-refractivity contribution in [1.82, 2.24) is 4.98 Å². The van der Waals surface area contributed by atoms with Crippen molar-refractivity contribution in [2.45, 2.75) is 45.1 Å². The summed E-state index contributed by atoms with van der Waals surface area (Å²) in [6.07, 6.45) is 4.07. The Morgan fingerprint density at radius 1 is 1.44 bits per heavy atom. The molecule has 1 aromatic heterocycles. The van der Waals surface area contributed by atoms with Crippen LogP contribution in [0.1, 0.15) is 38.1 Å². The number of carboxylic acids is 1. The van der Waals surface area contributed by atoms with Gasteiger partial charge < -0.3 is 14.8 Å². The lowest BCUT2D eigenvalue weighted by molar-refractivity contribution is -0.141. The minimum Gasteiger partial charge on any atom is -0.480 e. The molecule has 2 N–H and O–H groups in total. The molecule has 1 heterocycles. The number of carbonyl (C=O) groups is 1. The van der Waals surface area contributed by atoms with Gasteiger partial charge in [-0.1, -0.05) is 0 Å². The number of hydrogen-bond donors (Lipinski definition) is 2. The average Bonchev–Trinajstić information content (AvgIpc) is 2.58. The van der Waals surface area contributed by atoms with Gasteiger partial charge in [-0.25, -0.2) is 4.79 Å². The van der Waals surface area contributed by atoms with E-state index in [2.05, 4.69) is 10.3 Å². The molecule has 0 unspecified atom stereocenters. The van der Waals surface area contributed by atoms with Crippen molar-refractivity contribution >= 4 is 12.0 Å². The normalized spacial score (nSPS) is 15.6. The molecule has 5 heteroatoms. The van der Waals surface area contributed by atoms with E-state index in [0.29, 0.717) is 6.01 Å². The molecule has 1 aromatic rings. The van der Waals surface area contributed by atoms with Crippen molar-refractivity contribution in [2.24, 2.45) is 0 Å². The molecule has 0 fully saturated rings. The van der Waals surface area contributed by atoms with Crippen LogP contribution in [0.2, 0.25) is 0 Å². The van der Waals surface area contributed by atoms with Crippen molar-refractivity contribution in [3.05, 3.63) is 11.5 Å². The van der Waals surface area contributed by atoms with Crippen molar-refractivity contribution < 1.29 is 14.3 Å². The van der Waals surface area contributed by atoms with E-state index in [1.807, 2.05) is 0 Å². The van der Waals surface area contributed by atoms with Crippen LogP contribution in [0.15, 0.2) is 4.42 Å². The minimum absolute atomic E-state index is 0.319. The van der Waals surface area contributed by atoms with E-state index < -0.39 is 11.5 Å². The van der Waals surface area contributed by atoms with Crippen LogP contribution in [0, 0.1) is 0 Å². The zero-order chi connectivity index (χ0) is 11.8. The standard InChI is InChI=1S/C11H16N2O3/c1-11(2,9(14)15)13-10-12-7-5-3-4-6-8(7)16-10/h3-6H2,1-2H3,(H,12,13)(H,14,15). The van der Waals surface area contributed by atoms with Crippen molar-refractivity contribution in [3.8, 4) is 0 Å². The number of anilines is 1. The summed E-state index contributed by atoms with van der Waals surface area (Å²) in [7, 11) is 0. The molecule has 0 aromatic carbocycles. The number of fused-ring (bicyclic) bond motifs is 1. The van der Waals surface area contributed by atoms with Gasteiger partial charge in [-0.05, 0) is 33.1 Å². The molecular weight excluding hydrogens is 208 g/mol. The highest BCUT2D eigenvalue weighted by Crippen LogP contribution is 2.25. The Kier molecular flexibility index (Phi) is 2.61. The largest absolute Gasteiger partial charge is 0.480 e. The van der Waals surface area contributed by atoms with E-state index in [1.54, 1.807) is 13.8 Å². The maximum absolute atomic E-state index is 10.9. The predicted octanol–water partition coefficient (Wildman–Crippen LogP) is 1.83. The first kappa shape index (κ1) is 11.0. The van der Waals surface area contributed by atoms with Gasteiger partial charge in [0, 0.05) is 6.42 Å². The van der Waals surface area contributed by atoms with Crippen LogP contribution in [0.25, 0.3) is 0 Å². The molecule has 0 aliphatic heterocycles. The summed E-state index contributed by atoms with van der Waals surface area (Å²) in [6, 6.07) is 0.319. The van der Waals surface area contributed by atoms with Crippen LogP contribution in [0.4, 0.5) is 6.01 Å². The Labute approximate surface area is 93.9 Å². The van der Waals surface area contributed by atoms with E-state index in [9.17, 15) is 4.79 Å². The third-order valence-corrected chi connectivity index (χ3v) is 2.80. The van der Waals surface area contributed by atoms with Crippen molar-refractivity contribution in [1.29, 1.82) is 0 Å². The molecule has 88 valence electrons. The molecule has 1 aliphatic rings. The topological polar surface area (TPSA) is 75.4 Å². The smallest absolute Gasteiger partial charge is 0.328 e. The lowest BCUT2D eigenvalue weighted by Gasteiger charge is -2.19. The third-order valence-electron chi connectivity index (χ3n) is 2.80. The van der Waals surface area contributed by atoms with Crippen LogP contribution in [0.5, 0.6) is 0 Å². The SMILES string of the molecule is CC(C)(Nc1nc2c(o1)CCCC2)C(=O)O. The van der Waals surface area contributed by atoms with Crippen LogP contribution < -0.4 is 5.32 Å². The Morgan fingerprint density at radius 3 is 2.75 bits per heavy atom. The van der Waals surface area contributed by atoms with Gasteiger partial charge in [0.2, 0.25) is 0 Å². The quantitative estimate of drug-likeness (QED) is 0.819. The lowest BCUT2D eigenvalue weighted by atomic mass is 10.0. The van der Waals surface area contributed by atoms with E-state index in [-0.39, 0.29) is 0 Å². The highest BCUT2D eigenvalue weighted by atomic mass is 16.4. The highest BCUT2D eigenvalue weighted by Gasteiger charge is 2.29. The van der Waals surface area contributed by atoms with Gasteiger partial charge >= 0.3 is 5.97 Å². The van der Waals surface area contributed by atoms with Gasteiger partial charge in [-0.2, -0.15) is 4.98 Å². The number of aromatic nitrogens is 1. The number of carboxylic acid groups (broad SMARTS) is 1. The molecule has 16 heavy (non-hydrogen) atoms. The molecular formula is C11H16N2O3. The zero-order valence-corrected chi connectivity index (χ0v) is 9.54. The number of nitrogens with one attached hydrogen (secondary N) is 1. The molecule has 0 radical (unpaired) electrons. The second-order valence-electron chi connectivity index (χ2n) is 4.65. The van der Waals surface area contributed by atoms with E-state index in [1.165, 1.54) is 0 Å². The van der Waals surface area contributed by atoms with Gasteiger partial charge in [0.1, 0.15) is 11.3 Å². The highest BCUT2D eigenvalue weighted by molar-refractivity contribution is 5.80. The minimum atomic E-state index is -1.06. The fraction of sp³-hybridized carbons (Fsp3) is 0.636. The summed E-state index contributed by atoms with van der Waals surface area (Å²) in [6.45, 7) is 3.16. The van der Waals surface area contributed by atoms with Gasteiger partial charge in [0.05, 0.1) is 5.69 Å². The van der Waals surface area contributed by atoms with Crippen LogP contribution in [-0.2, 0) is 17.6 Å². The van der Waals surface area contributed by atoms with Gasteiger partial charge in [-0.15, -0.1) is 0 Å². The maximum atomic E-state index is 10.9. The summed E-state index contributed by atoms with van der Waals surface area (Å²) in [5, 5.41) is 11.8. The van der Waals surface area contributed by atoms with Crippen LogP contribution in [0.3, 0.4) is 0 Å². The molecule has 0 spiro atoms. The Balaban J connectivity index is 2.16. The average molecular weight is 224 g/mol. The van der Waals surface area contributed by atoms with E-state index >= 15 is 0 Å². The lowest BCUT2D eigenvalue weighted by Crippen LogP contribution is -2.40. The second-order valence-corrected chi connectivity index (χ2v) is 4.65. The van der Waals surface area contributed by atoms with Crippen LogP contribution >= 0.6 is 0 Å². The molecule has 1 aliphatic carbocycles. The van der Waals surface area contributed by atoms with Crippen molar-refractivity contribution in [2.75, 3.05) is 5.32 Å². The van der Waals surface area contributed by atoms with Gasteiger partial charge in [0.25, 0.3) is 6.01 Å². The monoisotopic (exact) mass is 224 g/mol. The Bertz CT molecular complexity index is 386. The first-order chi connectivity index (χ1) is 7.49. The molecule has 5 nitrogen and oxygen atoms in total. The second kappa shape index (κ2) is 3.81. The van der Waals surface area contributed by atoms with E-state index in [0.717, 1.165) is 37.1 Å². The number of rotatable bonds is 3. The molecule has 0 saturated carbocycles.